The van der Waals surface area contributed by atoms with Crippen molar-refractivity contribution in [2.24, 2.45) is 0 Å². The fourth-order valence-corrected chi connectivity index (χ4v) is 4.43. The molecule has 0 unspecified atom stereocenters. The van der Waals surface area contributed by atoms with Crippen LogP contribution in [-0.2, 0) is 23.6 Å². The smallest absolute Gasteiger partial charge is 0.378 e. The molecule has 1 aliphatic heterocycles. The highest BCUT2D eigenvalue weighted by atomic mass is 19.4. The largest absolute Gasteiger partial charge is 0.416 e. The minimum absolute atomic E-state index is 0.0374. The Bertz CT molecular complexity index is 1380. The predicted molar refractivity (Wildman–Crippen MR) is 133 cm³/mol. The molecule has 3 aromatic rings. The maximum absolute atomic E-state index is 13.5. The number of nitrogens with zero attached hydrogens (tertiary/aromatic N) is 3. The van der Waals surface area contributed by atoms with Gasteiger partial charge in [-0.1, -0.05) is 24.3 Å². The number of carbonyl (C=O) groups excluding carboxylic acids is 2. The van der Waals surface area contributed by atoms with E-state index in [1.54, 1.807) is 36.1 Å². The zero-order valence-corrected chi connectivity index (χ0v) is 21.6. The molecule has 0 bridgehead atoms. The van der Waals surface area contributed by atoms with Gasteiger partial charge < -0.3 is 14.5 Å². The Balaban J connectivity index is 1.71. The van der Waals surface area contributed by atoms with Gasteiger partial charge in [0.15, 0.2) is 0 Å². The number of halogens is 6. The van der Waals surface area contributed by atoms with Crippen LogP contribution in [0.1, 0.15) is 43.1 Å². The number of hydrogen-bond donors (Lipinski definition) is 0. The summed E-state index contributed by atoms with van der Waals surface area (Å²) in [6.45, 7) is 2.78. The Morgan fingerprint density at radius 2 is 1.52 bits per heavy atom. The minimum atomic E-state index is -5.01. The van der Waals surface area contributed by atoms with Gasteiger partial charge in [-0.25, -0.2) is 0 Å². The third-order valence-corrected chi connectivity index (χ3v) is 6.50. The highest BCUT2D eigenvalue weighted by molar-refractivity contribution is 6.03. The van der Waals surface area contributed by atoms with Gasteiger partial charge >= 0.3 is 12.4 Å². The number of rotatable bonds is 5. The van der Waals surface area contributed by atoms with Crippen LogP contribution in [0.4, 0.5) is 26.3 Å². The maximum atomic E-state index is 13.5. The predicted octanol–water partition coefficient (Wildman–Crippen LogP) is 5.84. The lowest BCUT2D eigenvalue weighted by atomic mass is 9.95. The first-order chi connectivity index (χ1) is 18.8. The molecule has 12 heteroatoms. The number of aromatic nitrogens is 1. The topological polar surface area (TPSA) is 62.7 Å². The molecule has 1 saturated heterocycles. The number of amides is 2. The van der Waals surface area contributed by atoms with Gasteiger partial charge in [0.25, 0.3) is 11.8 Å². The summed E-state index contributed by atoms with van der Waals surface area (Å²) in [6.07, 6.45) is -8.81. The number of alkyl halides is 6. The second-order valence-electron chi connectivity index (χ2n) is 9.41. The van der Waals surface area contributed by atoms with Crippen molar-refractivity contribution in [2.75, 3.05) is 33.4 Å². The van der Waals surface area contributed by atoms with Crippen molar-refractivity contribution in [2.45, 2.75) is 25.8 Å². The summed E-state index contributed by atoms with van der Waals surface area (Å²) >= 11 is 0. The van der Waals surface area contributed by atoms with E-state index < -0.39 is 35.9 Å². The maximum Gasteiger partial charge on any atom is 0.416 e. The molecule has 0 spiro atoms. The highest BCUT2D eigenvalue weighted by Crippen LogP contribution is 2.37. The van der Waals surface area contributed by atoms with E-state index in [1.807, 2.05) is 0 Å². The second-order valence-corrected chi connectivity index (χ2v) is 9.41. The van der Waals surface area contributed by atoms with Gasteiger partial charge in [0.05, 0.1) is 29.9 Å². The fourth-order valence-electron chi connectivity index (χ4n) is 4.43. The van der Waals surface area contributed by atoms with Crippen LogP contribution >= 0.6 is 0 Å². The van der Waals surface area contributed by atoms with Crippen molar-refractivity contribution >= 4 is 11.8 Å². The molecule has 1 aromatic heterocycles. The van der Waals surface area contributed by atoms with Crippen LogP contribution in [-0.4, -0.2) is 59.9 Å². The number of aryl methyl sites for hydroxylation is 1. The summed E-state index contributed by atoms with van der Waals surface area (Å²) in [4.78, 5) is 33.4. The van der Waals surface area contributed by atoms with Crippen molar-refractivity contribution in [3.63, 3.8) is 0 Å². The first kappa shape index (κ1) is 29.1. The van der Waals surface area contributed by atoms with Gasteiger partial charge in [0.2, 0.25) is 0 Å². The van der Waals surface area contributed by atoms with E-state index in [1.165, 1.54) is 19.3 Å². The van der Waals surface area contributed by atoms with Gasteiger partial charge in [-0.2, -0.15) is 26.3 Å². The van der Waals surface area contributed by atoms with Gasteiger partial charge in [-0.05, 0) is 53.4 Å². The number of carbonyl (C=O) groups is 2. The van der Waals surface area contributed by atoms with Crippen LogP contribution in [0.15, 0.2) is 54.7 Å². The molecular formula is C28H25F6N3O3. The Morgan fingerprint density at radius 1 is 0.925 bits per heavy atom. The van der Waals surface area contributed by atoms with E-state index in [0.29, 0.717) is 49.6 Å². The first-order valence-corrected chi connectivity index (χ1v) is 12.2. The van der Waals surface area contributed by atoms with Crippen molar-refractivity contribution in [1.82, 2.24) is 14.8 Å². The van der Waals surface area contributed by atoms with E-state index in [0.717, 1.165) is 10.5 Å². The molecule has 2 amide bonds. The monoisotopic (exact) mass is 565 g/mol. The first-order valence-electron chi connectivity index (χ1n) is 12.2. The molecule has 0 N–H and O–H groups in total. The molecule has 0 atom stereocenters. The molecule has 6 nitrogen and oxygen atoms in total. The van der Waals surface area contributed by atoms with Gasteiger partial charge in [0.1, 0.15) is 5.69 Å². The van der Waals surface area contributed by atoms with Crippen LogP contribution in [0.5, 0.6) is 0 Å². The third kappa shape index (κ3) is 6.44. The molecular weight excluding hydrogens is 540 g/mol. The minimum Gasteiger partial charge on any atom is -0.378 e. The fraction of sp³-hybridized carbons (Fsp3) is 0.321. The summed E-state index contributed by atoms with van der Waals surface area (Å²) in [5.41, 5.74) is -1.38. The van der Waals surface area contributed by atoms with Crippen molar-refractivity contribution in [3.05, 3.63) is 88.2 Å². The van der Waals surface area contributed by atoms with Crippen molar-refractivity contribution in [1.29, 1.82) is 0 Å². The second kappa shape index (κ2) is 11.3. The van der Waals surface area contributed by atoms with E-state index in [9.17, 15) is 35.9 Å². The average Bonchev–Trinajstić information content (AvgIpc) is 2.91. The van der Waals surface area contributed by atoms with Crippen LogP contribution in [0.25, 0.3) is 11.1 Å². The molecule has 2 heterocycles. The van der Waals surface area contributed by atoms with E-state index in [4.69, 9.17) is 4.74 Å². The summed E-state index contributed by atoms with van der Waals surface area (Å²) < 4.78 is 85.2. The molecule has 2 aromatic carbocycles. The van der Waals surface area contributed by atoms with Gasteiger partial charge in [-0.3, -0.25) is 14.6 Å². The summed E-state index contributed by atoms with van der Waals surface area (Å²) in [7, 11) is 1.27. The quantitative estimate of drug-likeness (QED) is 0.365. The van der Waals surface area contributed by atoms with Crippen LogP contribution in [0.3, 0.4) is 0 Å². The zero-order chi connectivity index (χ0) is 29.2. The summed E-state index contributed by atoms with van der Waals surface area (Å²) in [6, 6.07) is 9.77. The van der Waals surface area contributed by atoms with Crippen molar-refractivity contribution in [3.8, 4) is 11.1 Å². The Morgan fingerprint density at radius 3 is 2.10 bits per heavy atom. The number of pyridine rings is 1. The lowest BCUT2D eigenvalue weighted by molar-refractivity contribution is -0.143. The summed E-state index contributed by atoms with van der Waals surface area (Å²) in [5.74, 6) is -1.05. The number of morpholine rings is 1. The highest BCUT2D eigenvalue weighted by Gasteiger charge is 2.37. The van der Waals surface area contributed by atoms with E-state index >= 15 is 0 Å². The number of ether oxygens (including phenoxy) is 1. The molecule has 40 heavy (non-hydrogen) atoms. The van der Waals surface area contributed by atoms with Gasteiger partial charge in [0, 0.05) is 32.9 Å². The Kier molecular flexibility index (Phi) is 8.20. The molecule has 4 rings (SSSR count). The van der Waals surface area contributed by atoms with Gasteiger partial charge in [-0.15, -0.1) is 0 Å². The van der Waals surface area contributed by atoms with Crippen LogP contribution < -0.4 is 0 Å². The number of hydrogen-bond acceptors (Lipinski definition) is 4. The molecule has 0 radical (unpaired) electrons. The molecule has 0 aliphatic carbocycles. The lowest BCUT2D eigenvalue weighted by Crippen LogP contribution is -2.41. The standard InChI is InChI=1S/C28H25F6N3O3/c1-17-5-3-4-6-21(17)22-14-24(26(39)37-7-9-40-10-8-37)35-15-23(22)25(38)36(2)16-18-11-19(27(29,30)31)13-20(12-18)28(32,33)34/h3-6,11-15H,7-10,16H2,1-2H3. The molecule has 0 saturated carbocycles. The Labute approximate surface area is 226 Å². The van der Waals surface area contributed by atoms with Crippen molar-refractivity contribution < 1.29 is 40.7 Å². The molecule has 212 valence electrons. The lowest BCUT2D eigenvalue weighted by Gasteiger charge is -2.27. The molecule has 1 fully saturated rings. The van der Waals surface area contributed by atoms with Crippen LogP contribution in [0.2, 0.25) is 0 Å². The summed E-state index contributed by atoms with van der Waals surface area (Å²) in [5, 5.41) is 0. The normalized spacial score (nSPS) is 14.2. The van der Waals surface area contributed by atoms with E-state index in [-0.39, 0.29) is 28.8 Å². The third-order valence-electron chi connectivity index (χ3n) is 6.50. The Hall–Kier alpha value is -3.93. The average molecular weight is 566 g/mol. The zero-order valence-electron chi connectivity index (χ0n) is 21.6. The SMILES string of the molecule is Cc1ccccc1-c1cc(C(=O)N2CCOCC2)ncc1C(=O)N(C)Cc1cc(C(F)(F)F)cc(C(F)(F)F)c1. The van der Waals surface area contributed by atoms with Crippen LogP contribution in [0, 0.1) is 6.92 Å². The number of benzene rings is 2. The molecule has 1 aliphatic rings. The van der Waals surface area contributed by atoms with E-state index in [2.05, 4.69) is 4.98 Å².